The number of rotatable bonds is 5. The number of carbonyl (C=O) groups is 1. The first-order valence-electron chi connectivity index (χ1n) is 6.00. The normalized spacial score (nSPS) is 10.7. The summed E-state index contributed by atoms with van der Waals surface area (Å²) in [5, 5.41) is 2.93. The van der Waals surface area contributed by atoms with Gasteiger partial charge in [-0.3, -0.25) is 4.79 Å². The molecule has 4 heteroatoms. The molecule has 0 radical (unpaired) electrons. The van der Waals surface area contributed by atoms with Crippen molar-refractivity contribution in [3.05, 3.63) is 35.4 Å². The molecule has 1 rings (SSSR count). The Morgan fingerprint density at radius 2 is 1.94 bits per heavy atom. The van der Waals surface area contributed by atoms with Crippen molar-refractivity contribution >= 4 is 18.3 Å². The number of hydrogen-bond acceptors (Lipinski definition) is 2. The van der Waals surface area contributed by atoms with Crippen LogP contribution in [0, 0.1) is 12.3 Å². The molecule has 18 heavy (non-hydrogen) atoms. The fourth-order valence-electron chi connectivity index (χ4n) is 1.53. The summed E-state index contributed by atoms with van der Waals surface area (Å²) in [6.45, 7) is 6.82. The van der Waals surface area contributed by atoms with Gasteiger partial charge in [-0.1, -0.05) is 24.3 Å². The highest BCUT2D eigenvalue weighted by molar-refractivity contribution is 5.85. The van der Waals surface area contributed by atoms with Crippen molar-refractivity contribution in [2.24, 2.45) is 11.1 Å². The second-order valence-corrected chi connectivity index (χ2v) is 5.02. The summed E-state index contributed by atoms with van der Waals surface area (Å²) in [4.78, 5) is 11.8. The minimum atomic E-state index is -0.480. The monoisotopic (exact) mass is 270 g/mol. The van der Waals surface area contributed by atoms with Crippen LogP contribution in [0.4, 0.5) is 0 Å². The molecule has 0 aliphatic heterocycles. The van der Waals surface area contributed by atoms with Gasteiger partial charge in [0.05, 0.1) is 5.41 Å². The molecule has 1 amide bonds. The van der Waals surface area contributed by atoms with Gasteiger partial charge in [0.2, 0.25) is 5.91 Å². The summed E-state index contributed by atoms with van der Waals surface area (Å²) in [5.41, 5.74) is 7.61. The molecule has 3 N–H and O–H groups in total. The van der Waals surface area contributed by atoms with Crippen LogP contribution < -0.4 is 11.1 Å². The average Bonchev–Trinajstić information content (AvgIpc) is 2.31. The molecule has 1 aromatic rings. The van der Waals surface area contributed by atoms with Gasteiger partial charge < -0.3 is 11.1 Å². The van der Waals surface area contributed by atoms with Gasteiger partial charge in [0, 0.05) is 13.1 Å². The van der Waals surface area contributed by atoms with Crippen LogP contribution in [0.3, 0.4) is 0 Å². The molecule has 0 atom stereocenters. The van der Waals surface area contributed by atoms with Crippen molar-refractivity contribution < 1.29 is 4.79 Å². The zero-order chi connectivity index (χ0) is 12.9. The van der Waals surface area contributed by atoms with E-state index in [0.29, 0.717) is 13.1 Å². The molecule has 1 aromatic carbocycles. The van der Waals surface area contributed by atoms with Crippen LogP contribution in [0.25, 0.3) is 0 Å². The topological polar surface area (TPSA) is 55.1 Å². The van der Waals surface area contributed by atoms with Crippen LogP contribution in [-0.4, -0.2) is 19.0 Å². The molecule has 0 fully saturated rings. The van der Waals surface area contributed by atoms with Crippen molar-refractivity contribution in [3.63, 3.8) is 0 Å². The fraction of sp³-hybridized carbons (Fsp3) is 0.500. The Morgan fingerprint density at radius 1 is 1.33 bits per heavy atom. The number of aryl methyl sites for hydroxylation is 1. The summed E-state index contributed by atoms with van der Waals surface area (Å²) in [7, 11) is 0. The van der Waals surface area contributed by atoms with Crippen molar-refractivity contribution in [2.45, 2.75) is 27.2 Å². The maximum Gasteiger partial charge on any atom is 0.226 e. The average molecular weight is 271 g/mol. The minimum absolute atomic E-state index is 0. The van der Waals surface area contributed by atoms with Crippen LogP contribution in [0.1, 0.15) is 25.0 Å². The highest BCUT2D eigenvalue weighted by Crippen LogP contribution is 2.12. The smallest absolute Gasteiger partial charge is 0.226 e. The van der Waals surface area contributed by atoms with Gasteiger partial charge in [0.15, 0.2) is 0 Å². The predicted octanol–water partition coefficient (Wildman–Crippen LogP) is 2.06. The summed E-state index contributed by atoms with van der Waals surface area (Å²) in [6, 6.07) is 8.22. The van der Waals surface area contributed by atoms with Crippen LogP contribution >= 0.6 is 12.4 Å². The van der Waals surface area contributed by atoms with E-state index < -0.39 is 5.41 Å². The minimum Gasteiger partial charge on any atom is -0.355 e. The van der Waals surface area contributed by atoms with Crippen LogP contribution in [0.15, 0.2) is 24.3 Å². The summed E-state index contributed by atoms with van der Waals surface area (Å²) in [6.07, 6.45) is 0.860. The van der Waals surface area contributed by atoms with E-state index in [1.54, 1.807) is 0 Å². The van der Waals surface area contributed by atoms with Crippen LogP contribution in [0.5, 0.6) is 0 Å². The number of benzene rings is 1. The number of amides is 1. The zero-order valence-electron chi connectivity index (χ0n) is 11.3. The molecular formula is C14H23ClN2O. The highest BCUT2D eigenvalue weighted by atomic mass is 35.5. The molecule has 0 unspecified atom stereocenters. The predicted molar refractivity (Wildman–Crippen MR) is 78.0 cm³/mol. The molecule has 0 bridgehead atoms. The lowest BCUT2D eigenvalue weighted by atomic mass is 9.92. The van der Waals surface area contributed by atoms with Crippen molar-refractivity contribution in [1.82, 2.24) is 5.32 Å². The first-order chi connectivity index (χ1) is 7.97. The van der Waals surface area contributed by atoms with E-state index in [2.05, 4.69) is 24.4 Å². The number of nitrogens with two attached hydrogens (primary N) is 1. The van der Waals surface area contributed by atoms with E-state index in [4.69, 9.17) is 5.73 Å². The van der Waals surface area contributed by atoms with E-state index in [-0.39, 0.29) is 18.3 Å². The van der Waals surface area contributed by atoms with E-state index >= 15 is 0 Å². The van der Waals surface area contributed by atoms with E-state index in [9.17, 15) is 4.79 Å². The van der Waals surface area contributed by atoms with Crippen molar-refractivity contribution in [2.75, 3.05) is 13.1 Å². The highest BCUT2D eigenvalue weighted by Gasteiger charge is 2.24. The standard InChI is InChI=1S/C14H22N2O.ClH/c1-11-6-4-5-7-12(11)8-9-16-13(17)14(2,3)10-15;/h4-7H,8-10,15H2,1-3H3,(H,16,17);1H. The fourth-order valence-corrected chi connectivity index (χ4v) is 1.53. The lowest BCUT2D eigenvalue weighted by Crippen LogP contribution is -2.42. The Morgan fingerprint density at radius 3 is 2.50 bits per heavy atom. The number of hydrogen-bond donors (Lipinski definition) is 2. The first-order valence-corrected chi connectivity index (χ1v) is 6.00. The molecule has 0 aliphatic carbocycles. The molecular weight excluding hydrogens is 248 g/mol. The molecule has 0 spiro atoms. The van der Waals surface area contributed by atoms with Gasteiger partial charge in [-0.15, -0.1) is 12.4 Å². The van der Waals surface area contributed by atoms with Gasteiger partial charge in [-0.05, 0) is 38.3 Å². The van der Waals surface area contributed by atoms with Gasteiger partial charge in [0.1, 0.15) is 0 Å². The Kier molecular flexibility index (Phi) is 6.96. The van der Waals surface area contributed by atoms with Gasteiger partial charge in [-0.25, -0.2) is 0 Å². The number of halogens is 1. The van der Waals surface area contributed by atoms with Gasteiger partial charge in [-0.2, -0.15) is 0 Å². The van der Waals surface area contributed by atoms with Gasteiger partial charge >= 0.3 is 0 Å². The number of carbonyl (C=O) groups excluding carboxylic acids is 1. The Hall–Kier alpha value is -1.06. The third kappa shape index (κ3) is 4.67. The largest absolute Gasteiger partial charge is 0.355 e. The van der Waals surface area contributed by atoms with Crippen molar-refractivity contribution in [1.29, 1.82) is 0 Å². The third-order valence-electron chi connectivity index (χ3n) is 3.07. The molecule has 0 saturated heterocycles. The van der Waals surface area contributed by atoms with Crippen LogP contribution in [-0.2, 0) is 11.2 Å². The zero-order valence-corrected chi connectivity index (χ0v) is 12.1. The number of nitrogens with one attached hydrogen (secondary N) is 1. The molecule has 0 aromatic heterocycles. The maximum absolute atomic E-state index is 11.8. The molecule has 0 saturated carbocycles. The van der Waals surface area contributed by atoms with E-state index in [0.717, 1.165) is 6.42 Å². The quantitative estimate of drug-likeness (QED) is 0.861. The molecule has 3 nitrogen and oxygen atoms in total. The van der Waals surface area contributed by atoms with E-state index in [1.807, 2.05) is 26.0 Å². The SMILES string of the molecule is Cc1ccccc1CCNC(=O)C(C)(C)CN.Cl. The molecule has 102 valence electrons. The first kappa shape index (κ1) is 16.9. The van der Waals surface area contributed by atoms with Crippen LogP contribution in [0.2, 0.25) is 0 Å². The lowest BCUT2D eigenvalue weighted by Gasteiger charge is -2.21. The third-order valence-corrected chi connectivity index (χ3v) is 3.07. The summed E-state index contributed by atoms with van der Waals surface area (Å²) in [5.74, 6) is 0.0218. The second kappa shape index (κ2) is 7.39. The maximum atomic E-state index is 11.8. The molecule has 0 heterocycles. The Balaban J connectivity index is 0.00000289. The van der Waals surface area contributed by atoms with E-state index in [1.165, 1.54) is 11.1 Å². The van der Waals surface area contributed by atoms with Crippen molar-refractivity contribution in [3.8, 4) is 0 Å². The second-order valence-electron chi connectivity index (χ2n) is 5.02. The van der Waals surface area contributed by atoms with Gasteiger partial charge in [0.25, 0.3) is 0 Å². The summed E-state index contributed by atoms with van der Waals surface area (Å²) < 4.78 is 0. The Bertz CT molecular complexity index is 391. The Labute approximate surface area is 116 Å². The molecule has 0 aliphatic rings. The summed E-state index contributed by atoms with van der Waals surface area (Å²) >= 11 is 0. The lowest BCUT2D eigenvalue weighted by molar-refractivity contribution is -0.128.